The van der Waals surface area contributed by atoms with E-state index in [9.17, 15) is 0 Å². The van der Waals surface area contributed by atoms with E-state index < -0.39 is 0 Å². The van der Waals surface area contributed by atoms with Gasteiger partial charge < -0.3 is 14.4 Å². The van der Waals surface area contributed by atoms with E-state index >= 15 is 0 Å². The molecule has 1 aliphatic heterocycles. The lowest BCUT2D eigenvalue weighted by atomic mass is 10.2. The smallest absolute Gasteiger partial charge is 0.231 e. The highest BCUT2D eigenvalue weighted by molar-refractivity contribution is 5.57. The summed E-state index contributed by atoms with van der Waals surface area (Å²) in [6.07, 6.45) is 1.15. The molecule has 0 radical (unpaired) electrons. The Morgan fingerprint density at radius 1 is 1.25 bits per heavy atom. The summed E-state index contributed by atoms with van der Waals surface area (Å²) in [4.78, 5) is 2.38. The fourth-order valence-corrected chi connectivity index (χ4v) is 1.99. The third kappa shape index (κ3) is 2.08. The van der Waals surface area contributed by atoms with Crippen LogP contribution in [-0.2, 0) is 0 Å². The largest absolute Gasteiger partial charge is 0.454 e. The molecule has 2 rings (SSSR count). The van der Waals surface area contributed by atoms with Gasteiger partial charge in [-0.2, -0.15) is 0 Å². The van der Waals surface area contributed by atoms with Crippen molar-refractivity contribution in [3.63, 3.8) is 0 Å². The molecule has 1 aromatic rings. The van der Waals surface area contributed by atoms with Gasteiger partial charge in [0.25, 0.3) is 0 Å². The highest BCUT2D eigenvalue weighted by atomic mass is 16.7. The van der Waals surface area contributed by atoms with Crippen LogP contribution in [0.3, 0.4) is 0 Å². The molecule has 0 unspecified atom stereocenters. The zero-order chi connectivity index (χ0) is 11.5. The Morgan fingerprint density at radius 3 is 2.69 bits per heavy atom. The number of ether oxygens (including phenoxy) is 2. The Hall–Kier alpha value is -1.38. The molecule has 0 saturated heterocycles. The molecule has 3 nitrogen and oxygen atoms in total. The maximum absolute atomic E-state index is 5.40. The van der Waals surface area contributed by atoms with Gasteiger partial charge in [-0.25, -0.2) is 0 Å². The standard InChI is InChI=1S/C13H19NO2/c1-4-7-14(10(2)3)11-5-6-12-13(8-11)16-9-15-12/h5-6,8,10H,4,7,9H2,1-3H3. The molecule has 0 aromatic heterocycles. The number of hydrogen-bond donors (Lipinski definition) is 0. The maximum Gasteiger partial charge on any atom is 0.231 e. The summed E-state index contributed by atoms with van der Waals surface area (Å²) in [5.41, 5.74) is 1.21. The monoisotopic (exact) mass is 221 g/mol. The van der Waals surface area contributed by atoms with Crippen molar-refractivity contribution in [2.75, 3.05) is 18.2 Å². The average Bonchev–Trinajstić information content (AvgIpc) is 2.72. The second kappa shape index (κ2) is 4.64. The minimum atomic E-state index is 0.342. The molecule has 1 heterocycles. The fraction of sp³-hybridized carbons (Fsp3) is 0.538. The van der Waals surface area contributed by atoms with Crippen LogP contribution in [0.5, 0.6) is 11.5 Å². The van der Waals surface area contributed by atoms with Gasteiger partial charge >= 0.3 is 0 Å². The highest BCUT2D eigenvalue weighted by Gasteiger charge is 2.16. The Bertz CT molecular complexity index is 363. The lowest BCUT2D eigenvalue weighted by Gasteiger charge is -2.28. The minimum absolute atomic E-state index is 0.342. The van der Waals surface area contributed by atoms with Crippen molar-refractivity contribution in [1.29, 1.82) is 0 Å². The molecule has 0 spiro atoms. The molecule has 0 saturated carbocycles. The summed E-state index contributed by atoms with van der Waals surface area (Å²) in [7, 11) is 0. The SMILES string of the molecule is CCCN(c1ccc2c(c1)OCO2)C(C)C. The first kappa shape index (κ1) is 11.1. The van der Waals surface area contributed by atoms with Gasteiger partial charge in [0, 0.05) is 24.3 Å². The maximum atomic E-state index is 5.40. The first-order valence-corrected chi connectivity index (χ1v) is 5.88. The number of anilines is 1. The lowest BCUT2D eigenvalue weighted by Crippen LogP contribution is -2.31. The third-order valence-electron chi connectivity index (χ3n) is 2.78. The van der Waals surface area contributed by atoms with Crippen molar-refractivity contribution in [2.24, 2.45) is 0 Å². The summed E-state index contributed by atoms with van der Waals surface area (Å²) >= 11 is 0. The number of hydrogen-bond acceptors (Lipinski definition) is 3. The van der Waals surface area contributed by atoms with Gasteiger partial charge in [-0.15, -0.1) is 0 Å². The second-order valence-corrected chi connectivity index (χ2v) is 4.32. The molecule has 0 atom stereocenters. The van der Waals surface area contributed by atoms with Gasteiger partial charge in [0.2, 0.25) is 6.79 Å². The molecule has 16 heavy (non-hydrogen) atoms. The highest BCUT2D eigenvalue weighted by Crippen LogP contribution is 2.35. The van der Waals surface area contributed by atoms with Crippen LogP contribution in [0.2, 0.25) is 0 Å². The zero-order valence-electron chi connectivity index (χ0n) is 10.2. The predicted molar refractivity (Wildman–Crippen MR) is 65.3 cm³/mol. The average molecular weight is 221 g/mol. The summed E-state index contributed by atoms with van der Waals surface area (Å²) in [6, 6.07) is 6.66. The molecule has 0 N–H and O–H groups in total. The van der Waals surface area contributed by atoms with Gasteiger partial charge in [-0.3, -0.25) is 0 Å². The summed E-state index contributed by atoms with van der Waals surface area (Å²) < 4.78 is 10.7. The molecule has 3 heteroatoms. The molecule has 88 valence electrons. The number of fused-ring (bicyclic) bond motifs is 1. The van der Waals surface area contributed by atoms with E-state index in [4.69, 9.17) is 9.47 Å². The van der Waals surface area contributed by atoms with Crippen molar-refractivity contribution in [3.05, 3.63) is 18.2 Å². The van der Waals surface area contributed by atoms with Crippen LogP contribution in [0.25, 0.3) is 0 Å². The Balaban J connectivity index is 2.24. The molecule has 0 fully saturated rings. The van der Waals surface area contributed by atoms with E-state index in [0.717, 1.165) is 24.5 Å². The molecule has 1 aliphatic rings. The first-order chi connectivity index (χ1) is 7.72. The van der Waals surface area contributed by atoms with Gasteiger partial charge in [-0.05, 0) is 32.4 Å². The van der Waals surface area contributed by atoms with Crippen LogP contribution in [0.15, 0.2) is 18.2 Å². The normalized spacial score (nSPS) is 13.2. The number of rotatable bonds is 4. The Kier molecular flexibility index (Phi) is 3.22. The first-order valence-electron chi connectivity index (χ1n) is 5.88. The van der Waals surface area contributed by atoms with E-state index in [1.54, 1.807) is 0 Å². The van der Waals surface area contributed by atoms with Gasteiger partial charge in [-0.1, -0.05) is 6.92 Å². The summed E-state index contributed by atoms with van der Waals surface area (Å²) in [6.45, 7) is 8.02. The van der Waals surface area contributed by atoms with Crippen molar-refractivity contribution < 1.29 is 9.47 Å². The quantitative estimate of drug-likeness (QED) is 0.780. The molecule has 0 aliphatic carbocycles. The van der Waals surface area contributed by atoms with E-state index in [-0.39, 0.29) is 0 Å². The minimum Gasteiger partial charge on any atom is -0.454 e. The van der Waals surface area contributed by atoms with E-state index in [1.807, 2.05) is 6.07 Å². The van der Waals surface area contributed by atoms with Crippen LogP contribution in [-0.4, -0.2) is 19.4 Å². The van der Waals surface area contributed by atoms with Gasteiger partial charge in [0.05, 0.1) is 0 Å². The van der Waals surface area contributed by atoms with Crippen molar-refractivity contribution in [1.82, 2.24) is 0 Å². The lowest BCUT2D eigenvalue weighted by molar-refractivity contribution is 0.174. The number of benzene rings is 1. The van der Waals surface area contributed by atoms with Crippen LogP contribution in [0, 0.1) is 0 Å². The molecular weight excluding hydrogens is 202 g/mol. The third-order valence-corrected chi connectivity index (χ3v) is 2.78. The summed E-state index contributed by atoms with van der Waals surface area (Å²) in [5.74, 6) is 1.71. The zero-order valence-corrected chi connectivity index (χ0v) is 10.2. The Labute approximate surface area is 97.0 Å². The van der Waals surface area contributed by atoms with Crippen LogP contribution in [0.1, 0.15) is 27.2 Å². The van der Waals surface area contributed by atoms with Crippen LogP contribution in [0.4, 0.5) is 5.69 Å². The van der Waals surface area contributed by atoms with E-state index in [0.29, 0.717) is 12.8 Å². The van der Waals surface area contributed by atoms with Crippen molar-refractivity contribution >= 4 is 5.69 Å². The molecular formula is C13H19NO2. The van der Waals surface area contributed by atoms with Crippen molar-refractivity contribution in [2.45, 2.75) is 33.2 Å². The van der Waals surface area contributed by atoms with Gasteiger partial charge in [0.1, 0.15) is 0 Å². The topological polar surface area (TPSA) is 21.7 Å². The Morgan fingerprint density at radius 2 is 2.00 bits per heavy atom. The molecule has 1 aromatic carbocycles. The van der Waals surface area contributed by atoms with Crippen molar-refractivity contribution in [3.8, 4) is 11.5 Å². The van der Waals surface area contributed by atoms with Crippen LogP contribution >= 0.6 is 0 Å². The second-order valence-electron chi connectivity index (χ2n) is 4.32. The van der Waals surface area contributed by atoms with E-state index in [1.165, 1.54) is 5.69 Å². The van der Waals surface area contributed by atoms with Crippen LogP contribution < -0.4 is 14.4 Å². The summed E-state index contributed by atoms with van der Waals surface area (Å²) in [5, 5.41) is 0. The van der Waals surface area contributed by atoms with E-state index in [2.05, 4.69) is 37.8 Å². The number of nitrogens with zero attached hydrogens (tertiary/aromatic N) is 1. The van der Waals surface area contributed by atoms with Gasteiger partial charge in [0.15, 0.2) is 11.5 Å². The molecule has 0 bridgehead atoms. The predicted octanol–water partition coefficient (Wildman–Crippen LogP) is 3.04. The molecule has 0 amide bonds. The fourth-order valence-electron chi connectivity index (χ4n) is 1.99.